The van der Waals surface area contributed by atoms with E-state index in [0.717, 1.165) is 11.3 Å². The second-order valence-corrected chi connectivity index (χ2v) is 6.39. The standard InChI is InChI=1S/C19H23ClN2O2/c1-12(2)14-5-7-15(8-6-14)21-11-19(23)22-17-9-13(3)16(20)10-18(17)24-4/h5-10,12,21H,11H2,1-4H3,(H,22,23). The van der Waals surface area contributed by atoms with E-state index in [2.05, 4.69) is 36.6 Å². The second kappa shape index (κ2) is 8.06. The highest BCUT2D eigenvalue weighted by Crippen LogP contribution is 2.30. The maximum Gasteiger partial charge on any atom is 0.243 e. The molecule has 0 aliphatic heterocycles. The summed E-state index contributed by atoms with van der Waals surface area (Å²) in [5, 5.41) is 6.56. The molecule has 0 bridgehead atoms. The maximum atomic E-state index is 12.2. The van der Waals surface area contributed by atoms with Crippen molar-refractivity contribution < 1.29 is 9.53 Å². The van der Waals surface area contributed by atoms with Crippen LogP contribution in [0.3, 0.4) is 0 Å². The Bertz CT molecular complexity index is 712. The Labute approximate surface area is 148 Å². The largest absolute Gasteiger partial charge is 0.495 e. The molecular weight excluding hydrogens is 324 g/mol. The fourth-order valence-electron chi connectivity index (χ4n) is 2.29. The van der Waals surface area contributed by atoms with E-state index in [1.807, 2.05) is 19.1 Å². The van der Waals surface area contributed by atoms with Crippen LogP contribution in [0.25, 0.3) is 0 Å². The highest BCUT2D eigenvalue weighted by atomic mass is 35.5. The molecule has 0 heterocycles. The molecule has 0 unspecified atom stereocenters. The summed E-state index contributed by atoms with van der Waals surface area (Å²) in [6.07, 6.45) is 0. The van der Waals surface area contributed by atoms with Crippen molar-refractivity contribution in [2.75, 3.05) is 24.3 Å². The van der Waals surface area contributed by atoms with Crippen LogP contribution in [0, 0.1) is 6.92 Å². The highest BCUT2D eigenvalue weighted by Gasteiger charge is 2.10. The number of ether oxygens (including phenoxy) is 1. The molecule has 2 aromatic rings. The third-order valence-corrected chi connectivity index (χ3v) is 4.19. The van der Waals surface area contributed by atoms with E-state index >= 15 is 0 Å². The molecule has 24 heavy (non-hydrogen) atoms. The number of methoxy groups -OCH3 is 1. The van der Waals surface area contributed by atoms with Crippen molar-refractivity contribution in [3.8, 4) is 5.75 Å². The van der Waals surface area contributed by atoms with Crippen molar-refractivity contribution in [1.82, 2.24) is 0 Å². The first-order valence-electron chi connectivity index (χ1n) is 7.88. The number of hydrogen-bond donors (Lipinski definition) is 2. The van der Waals surface area contributed by atoms with Gasteiger partial charge < -0.3 is 15.4 Å². The summed E-state index contributed by atoms with van der Waals surface area (Å²) in [5.41, 5.74) is 3.67. The van der Waals surface area contributed by atoms with E-state index in [-0.39, 0.29) is 12.5 Å². The van der Waals surface area contributed by atoms with Crippen LogP contribution in [0.4, 0.5) is 11.4 Å². The Morgan fingerprint density at radius 3 is 2.46 bits per heavy atom. The number of carbonyl (C=O) groups is 1. The Morgan fingerprint density at radius 1 is 1.21 bits per heavy atom. The van der Waals surface area contributed by atoms with E-state index in [1.54, 1.807) is 19.2 Å². The zero-order valence-electron chi connectivity index (χ0n) is 14.4. The molecule has 0 saturated heterocycles. The molecule has 0 aliphatic carbocycles. The molecule has 2 N–H and O–H groups in total. The van der Waals surface area contributed by atoms with Gasteiger partial charge >= 0.3 is 0 Å². The molecular formula is C19H23ClN2O2. The van der Waals surface area contributed by atoms with E-state index in [0.29, 0.717) is 22.4 Å². The average Bonchev–Trinajstić information content (AvgIpc) is 2.56. The van der Waals surface area contributed by atoms with Gasteiger partial charge in [0.25, 0.3) is 0 Å². The third-order valence-electron chi connectivity index (χ3n) is 3.79. The fraction of sp³-hybridized carbons (Fsp3) is 0.316. The minimum absolute atomic E-state index is 0.150. The van der Waals surface area contributed by atoms with Crippen LogP contribution in [-0.4, -0.2) is 19.6 Å². The summed E-state index contributed by atoms with van der Waals surface area (Å²) in [6.45, 7) is 6.35. The summed E-state index contributed by atoms with van der Waals surface area (Å²) in [7, 11) is 1.55. The van der Waals surface area contributed by atoms with E-state index in [4.69, 9.17) is 16.3 Å². The Kier molecular flexibility index (Phi) is 6.10. The normalized spacial score (nSPS) is 10.6. The lowest BCUT2D eigenvalue weighted by atomic mass is 10.0. The monoisotopic (exact) mass is 346 g/mol. The van der Waals surface area contributed by atoms with Crippen LogP contribution in [0.1, 0.15) is 30.9 Å². The lowest BCUT2D eigenvalue weighted by Crippen LogP contribution is -2.22. The molecule has 0 radical (unpaired) electrons. The summed E-state index contributed by atoms with van der Waals surface area (Å²) >= 11 is 6.07. The average molecular weight is 347 g/mol. The van der Waals surface area contributed by atoms with Crippen LogP contribution in [0.5, 0.6) is 5.75 Å². The van der Waals surface area contributed by atoms with Gasteiger partial charge in [0.1, 0.15) is 5.75 Å². The number of aryl methyl sites for hydroxylation is 1. The van der Waals surface area contributed by atoms with Gasteiger partial charge in [0.05, 0.1) is 19.3 Å². The zero-order valence-corrected chi connectivity index (χ0v) is 15.2. The minimum atomic E-state index is -0.150. The van der Waals surface area contributed by atoms with Gasteiger partial charge in [-0.1, -0.05) is 37.6 Å². The lowest BCUT2D eigenvalue weighted by Gasteiger charge is -2.13. The smallest absolute Gasteiger partial charge is 0.243 e. The quantitative estimate of drug-likeness (QED) is 0.787. The van der Waals surface area contributed by atoms with Gasteiger partial charge in [-0.05, 0) is 42.2 Å². The number of carbonyl (C=O) groups excluding carboxylic acids is 1. The molecule has 5 heteroatoms. The fourth-order valence-corrected chi connectivity index (χ4v) is 2.45. The molecule has 0 aromatic heterocycles. The summed E-state index contributed by atoms with van der Waals surface area (Å²) in [5.74, 6) is 0.881. The number of amides is 1. The van der Waals surface area contributed by atoms with E-state index < -0.39 is 0 Å². The number of halogens is 1. The molecule has 128 valence electrons. The van der Waals surface area contributed by atoms with Crippen molar-refractivity contribution in [2.45, 2.75) is 26.7 Å². The molecule has 1 amide bonds. The second-order valence-electron chi connectivity index (χ2n) is 5.98. The highest BCUT2D eigenvalue weighted by molar-refractivity contribution is 6.31. The predicted octanol–water partition coefficient (Wildman–Crippen LogP) is 4.83. The number of anilines is 2. The first kappa shape index (κ1) is 18.1. The van der Waals surface area contributed by atoms with Gasteiger partial charge in [-0.2, -0.15) is 0 Å². The van der Waals surface area contributed by atoms with Crippen molar-refractivity contribution in [3.05, 3.63) is 52.5 Å². The summed E-state index contributed by atoms with van der Waals surface area (Å²) < 4.78 is 5.26. The van der Waals surface area contributed by atoms with Crippen LogP contribution >= 0.6 is 11.6 Å². The molecule has 0 spiro atoms. The Morgan fingerprint density at radius 2 is 1.88 bits per heavy atom. The molecule has 4 nitrogen and oxygen atoms in total. The lowest BCUT2D eigenvalue weighted by molar-refractivity contribution is -0.114. The number of hydrogen-bond acceptors (Lipinski definition) is 3. The summed E-state index contributed by atoms with van der Waals surface area (Å²) in [6, 6.07) is 11.6. The topological polar surface area (TPSA) is 50.4 Å². The summed E-state index contributed by atoms with van der Waals surface area (Å²) in [4.78, 5) is 12.2. The van der Waals surface area contributed by atoms with Crippen LogP contribution in [0.2, 0.25) is 5.02 Å². The zero-order chi connectivity index (χ0) is 17.7. The minimum Gasteiger partial charge on any atom is -0.495 e. The van der Waals surface area contributed by atoms with Crippen LogP contribution in [-0.2, 0) is 4.79 Å². The van der Waals surface area contributed by atoms with E-state index in [9.17, 15) is 4.79 Å². The molecule has 0 saturated carbocycles. The van der Waals surface area contributed by atoms with Gasteiger partial charge in [0, 0.05) is 16.8 Å². The van der Waals surface area contributed by atoms with Crippen molar-refractivity contribution in [3.63, 3.8) is 0 Å². The van der Waals surface area contributed by atoms with Crippen molar-refractivity contribution >= 4 is 28.9 Å². The third kappa shape index (κ3) is 4.65. The molecule has 0 aliphatic rings. The van der Waals surface area contributed by atoms with Gasteiger partial charge in [-0.25, -0.2) is 0 Å². The van der Waals surface area contributed by atoms with Gasteiger partial charge in [-0.3, -0.25) is 4.79 Å². The molecule has 2 aromatic carbocycles. The first-order valence-corrected chi connectivity index (χ1v) is 8.26. The Hall–Kier alpha value is -2.20. The predicted molar refractivity (Wildman–Crippen MR) is 100 cm³/mol. The van der Waals surface area contributed by atoms with E-state index in [1.165, 1.54) is 5.56 Å². The SMILES string of the molecule is COc1cc(Cl)c(C)cc1NC(=O)CNc1ccc(C(C)C)cc1. The number of benzene rings is 2. The van der Waals surface area contributed by atoms with Crippen LogP contribution < -0.4 is 15.4 Å². The van der Waals surface area contributed by atoms with Crippen molar-refractivity contribution in [1.29, 1.82) is 0 Å². The molecule has 0 fully saturated rings. The van der Waals surface area contributed by atoms with Crippen molar-refractivity contribution in [2.24, 2.45) is 0 Å². The molecule has 0 atom stereocenters. The molecule has 2 rings (SSSR count). The Balaban J connectivity index is 1.97. The number of rotatable bonds is 6. The van der Waals surface area contributed by atoms with Gasteiger partial charge in [-0.15, -0.1) is 0 Å². The van der Waals surface area contributed by atoms with Gasteiger partial charge in [0.2, 0.25) is 5.91 Å². The first-order chi connectivity index (χ1) is 11.4. The maximum absolute atomic E-state index is 12.2. The van der Waals surface area contributed by atoms with Crippen LogP contribution in [0.15, 0.2) is 36.4 Å². The number of nitrogens with one attached hydrogen (secondary N) is 2. The van der Waals surface area contributed by atoms with Gasteiger partial charge in [0.15, 0.2) is 0 Å².